The average molecular weight is 238 g/mol. The van der Waals surface area contributed by atoms with Crippen molar-refractivity contribution in [3.63, 3.8) is 0 Å². The Labute approximate surface area is 98.2 Å². The Kier molecular flexibility index (Phi) is 2.94. The lowest BCUT2D eigenvalue weighted by Crippen LogP contribution is -2.22. The summed E-state index contributed by atoms with van der Waals surface area (Å²) >= 11 is 5.85. The molecule has 0 saturated carbocycles. The highest BCUT2D eigenvalue weighted by atomic mass is 35.5. The van der Waals surface area contributed by atoms with Crippen LogP contribution in [0.25, 0.3) is 11.0 Å². The zero-order valence-corrected chi connectivity index (χ0v) is 9.88. The van der Waals surface area contributed by atoms with Gasteiger partial charge in [-0.25, -0.2) is 4.98 Å². The lowest BCUT2D eigenvalue weighted by atomic mass is 10.3. The number of ketones is 1. The second-order valence-electron chi connectivity index (χ2n) is 3.91. The molecule has 2 rings (SSSR count). The van der Waals surface area contributed by atoms with Crippen LogP contribution in [0.5, 0.6) is 0 Å². The number of fused-ring (bicyclic) bond motifs is 1. The molecule has 0 bridgehead atoms. The van der Waals surface area contributed by atoms with Gasteiger partial charge >= 0.3 is 0 Å². The second-order valence-corrected chi connectivity index (χ2v) is 4.34. The van der Waals surface area contributed by atoms with Gasteiger partial charge in [-0.05, 0) is 32.3 Å². The first-order chi connectivity index (χ1) is 7.56. The first-order valence-electron chi connectivity index (χ1n) is 4.89. The number of carbonyl (C=O) groups excluding carboxylic acids is 1. The van der Waals surface area contributed by atoms with Crippen LogP contribution in [0.15, 0.2) is 18.2 Å². The molecule has 0 unspecified atom stereocenters. The smallest absolute Gasteiger partial charge is 0.211 e. The third kappa shape index (κ3) is 2.23. The van der Waals surface area contributed by atoms with Gasteiger partial charge in [-0.15, -0.1) is 0 Å². The summed E-state index contributed by atoms with van der Waals surface area (Å²) in [5.41, 5.74) is 1.54. The topological polar surface area (TPSA) is 49.0 Å². The van der Waals surface area contributed by atoms with E-state index in [0.717, 1.165) is 11.0 Å². The minimum absolute atomic E-state index is 0.0303. The molecule has 0 aliphatic rings. The van der Waals surface area contributed by atoms with E-state index in [0.29, 0.717) is 17.4 Å². The molecule has 1 aromatic heterocycles. The van der Waals surface area contributed by atoms with Crippen LogP contribution in [0, 0.1) is 0 Å². The number of halogens is 1. The first-order valence-corrected chi connectivity index (χ1v) is 5.27. The van der Waals surface area contributed by atoms with Gasteiger partial charge in [0.05, 0.1) is 17.6 Å². The number of benzene rings is 1. The number of aromatic nitrogens is 2. The zero-order chi connectivity index (χ0) is 11.7. The normalized spacial score (nSPS) is 11.2. The SMILES string of the molecule is CN(C)CC(=O)c1nc2ccc(Cl)cc2[nH]1. The summed E-state index contributed by atoms with van der Waals surface area (Å²) in [4.78, 5) is 20.7. The quantitative estimate of drug-likeness (QED) is 0.831. The number of aromatic amines is 1. The molecular formula is C11H12ClN3O. The summed E-state index contributed by atoms with van der Waals surface area (Å²) in [6.07, 6.45) is 0. The summed E-state index contributed by atoms with van der Waals surface area (Å²) in [6.45, 7) is 0.341. The van der Waals surface area contributed by atoms with Gasteiger partial charge in [0, 0.05) is 5.02 Å². The molecule has 0 radical (unpaired) electrons. The molecule has 0 atom stereocenters. The monoisotopic (exact) mass is 237 g/mol. The molecule has 1 heterocycles. The molecule has 4 nitrogen and oxygen atoms in total. The van der Waals surface area contributed by atoms with E-state index < -0.39 is 0 Å². The number of Topliss-reactive ketones (excluding diaryl/α,β-unsaturated/α-hetero) is 1. The van der Waals surface area contributed by atoms with Gasteiger partial charge in [-0.3, -0.25) is 4.79 Å². The van der Waals surface area contributed by atoms with Gasteiger partial charge in [0.2, 0.25) is 5.78 Å². The van der Waals surface area contributed by atoms with Gasteiger partial charge in [0.1, 0.15) is 0 Å². The summed E-state index contributed by atoms with van der Waals surface area (Å²) in [5, 5.41) is 0.628. The Hall–Kier alpha value is -1.39. The number of nitrogens with one attached hydrogen (secondary N) is 1. The van der Waals surface area contributed by atoms with Crippen molar-refractivity contribution in [1.82, 2.24) is 14.9 Å². The number of carbonyl (C=O) groups is 1. The molecule has 2 aromatic rings. The molecule has 0 fully saturated rings. The first kappa shape index (κ1) is 11.1. The standard InChI is InChI=1S/C11H12ClN3O/c1-15(2)6-10(16)11-13-8-4-3-7(12)5-9(8)14-11/h3-5H,6H2,1-2H3,(H,13,14). The fraction of sp³-hybridized carbons (Fsp3) is 0.273. The number of hydrogen-bond donors (Lipinski definition) is 1. The predicted molar refractivity (Wildman–Crippen MR) is 64.0 cm³/mol. The van der Waals surface area contributed by atoms with Crippen LogP contribution in [0.2, 0.25) is 5.02 Å². The molecule has 1 N–H and O–H groups in total. The third-order valence-corrected chi connectivity index (χ3v) is 2.40. The van der Waals surface area contributed by atoms with Crippen molar-refractivity contribution < 1.29 is 4.79 Å². The minimum atomic E-state index is -0.0303. The fourth-order valence-electron chi connectivity index (χ4n) is 1.48. The van der Waals surface area contributed by atoms with Gasteiger partial charge in [0.15, 0.2) is 5.82 Å². The highest BCUT2D eigenvalue weighted by Gasteiger charge is 2.12. The maximum absolute atomic E-state index is 11.7. The molecule has 0 saturated heterocycles. The Morgan fingerprint density at radius 2 is 2.25 bits per heavy atom. The van der Waals surface area contributed by atoms with Crippen LogP contribution >= 0.6 is 11.6 Å². The predicted octanol–water partition coefficient (Wildman–Crippen LogP) is 1.96. The number of likely N-dealkylation sites (N-methyl/N-ethyl adjacent to an activating group) is 1. The van der Waals surface area contributed by atoms with E-state index in [1.54, 1.807) is 18.2 Å². The van der Waals surface area contributed by atoms with E-state index in [4.69, 9.17) is 11.6 Å². The van der Waals surface area contributed by atoms with Gasteiger partial charge in [-0.1, -0.05) is 11.6 Å². The summed E-state index contributed by atoms with van der Waals surface area (Å²) in [5.74, 6) is 0.350. The molecule has 0 amide bonds. The molecule has 5 heteroatoms. The highest BCUT2D eigenvalue weighted by molar-refractivity contribution is 6.31. The van der Waals surface area contributed by atoms with Crippen molar-refractivity contribution in [2.75, 3.05) is 20.6 Å². The minimum Gasteiger partial charge on any atom is -0.335 e. The van der Waals surface area contributed by atoms with E-state index >= 15 is 0 Å². The maximum Gasteiger partial charge on any atom is 0.211 e. The molecule has 84 valence electrons. The van der Waals surface area contributed by atoms with E-state index in [-0.39, 0.29) is 5.78 Å². The highest BCUT2D eigenvalue weighted by Crippen LogP contribution is 2.17. The van der Waals surface area contributed by atoms with Crippen LogP contribution in [0.3, 0.4) is 0 Å². The van der Waals surface area contributed by atoms with Crippen LogP contribution in [-0.4, -0.2) is 41.3 Å². The van der Waals surface area contributed by atoms with Crippen LogP contribution in [0.4, 0.5) is 0 Å². The maximum atomic E-state index is 11.7. The van der Waals surface area contributed by atoms with E-state index in [9.17, 15) is 4.79 Å². The molecular weight excluding hydrogens is 226 g/mol. The lowest BCUT2D eigenvalue weighted by Gasteiger charge is -2.05. The Morgan fingerprint density at radius 3 is 2.94 bits per heavy atom. The van der Waals surface area contributed by atoms with Crippen molar-refractivity contribution in [3.05, 3.63) is 29.0 Å². The van der Waals surface area contributed by atoms with Crippen LogP contribution < -0.4 is 0 Å². The average Bonchev–Trinajstić information content (AvgIpc) is 2.59. The van der Waals surface area contributed by atoms with Crippen LogP contribution in [-0.2, 0) is 0 Å². The number of rotatable bonds is 3. The van der Waals surface area contributed by atoms with Crippen molar-refractivity contribution in [2.45, 2.75) is 0 Å². The van der Waals surface area contributed by atoms with E-state index in [2.05, 4.69) is 9.97 Å². The molecule has 0 spiro atoms. The van der Waals surface area contributed by atoms with Crippen molar-refractivity contribution in [1.29, 1.82) is 0 Å². The summed E-state index contributed by atoms with van der Waals surface area (Å²) in [6, 6.07) is 5.31. The van der Waals surface area contributed by atoms with Crippen molar-refractivity contribution >= 4 is 28.4 Å². The zero-order valence-electron chi connectivity index (χ0n) is 9.12. The van der Waals surface area contributed by atoms with Crippen molar-refractivity contribution in [3.8, 4) is 0 Å². The number of nitrogens with zero attached hydrogens (tertiary/aromatic N) is 2. The summed E-state index contributed by atoms with van der Waals surface area (Å²) in [7, 11) is 3.69. The molecule has 16 heavy (non-hydrogen) atoms. The molecule has 0 aliphatic heterocycles. The van der Waals surface area contributed by atoms with Gasteiger partial charge in [0.25, 0.3) is 0 Å². The Balaban J connectivity index is 2.36. The fourth-order valence-corrected chi connectivity index (χ4v) is 1.65. The van der Waals surface area contributed by atoms with Crippen molar-refractivity contribution in [2.24, 2.45) is 0 Å². The molecule has 0 aliphatic carbocycles. The number of H-pyrrole nitrogens is 1. The number of imidazole rings is 1. The Morgan fingerprint density at radius 1 is 1.50 bits per heavy atom. The van der Waals surface area contributed by atoms with Gasteiger partial charge < -0.3 is 9.88 Å². The number of hydrogen-bond acceptors (Lipinski definition) is 3. The molecule has 1 aromatic carbocycles. The van der Waals surface area contributed by atoms with E-state index in [1.165, 1.54) is 0 Å². The Bertz CT molecular complexity index is 533. The summed E-state index contributed by atoms with van der Waals surface area (Å²) < 4.78 is 0. The largest absolute Gasteiger partial charge is 0.335 e. The second kappa shape index (κ2) is 4.23. The van der Waals surface area contributed by atoms with Crippen LogP contribution in [0.1, 0.15) is 10.6 Å². The third-order valence-electron chi connectivity index (χ3n) is 2.17. The van der Waals surface area contributed by atoms with Gasteiger partial charge in [-0.2, -0.15) is 0 Å². The lowest BCUT2D eigenvalue weighted by molar-refractivity contribution is 0.0949. The van der Waals surface area contributed by atoms with E-state index in [1.807, 2.05) is 19.0 Å².